The predicted octanol–water partition coefficient (Wildman–Crippen LogP) is 3.32. The second-order valence-electron chi connectivity index (χ2n) is 6.77. The molecule has 0 aliphatic rings. The molecule has 2 rings (SSSR count). The lowest BCUT2D eigenvalue weighted by molar-refractivity contribution is -0.384. The van der Waals surface area contributed by atoms with Crippen LogP contribution >= 0.6 is 0 Å². The van der Waals surface area contributed by atoms with E-state index in [0.717, 1.165) is 5.56 Å². The largest absolute Gasteiger partial charge is 0.389 e. The molecule has 0 aromatic heterocycles. The zero-order valence-corrected chi connectivity index (χ0v) is 14.6. The second kappa shape index (κ2) is 7.44. The Balaban J connectivity index is 2.36. The molecule has 25 heavy (non-hydrogen) atoms. The van der Waals surface area contributed by atoms with E-state index < -0.39 is 10.5 Å². The van der Waals surface area contributed by atoms with Gasteiger partial charge in [0.05, 0.1) is 10.5 Å². The summed E-state index contributed by atoms with van der Waals surface area (Å²) in [5.74, 6) is -0.349. The van der Waals surface area contributed by atoms with E-state index in [1.54, 1.807) is 26.8 Å². The highest BCUT2D eigenvalue weighted by Crippen LogP contribution is 2.20. The molecule has 0 atom stereocenters. The van der Waals surface area contributed by atoms with E-state index in [-0.39, 0.29) is 23.7 Å². The van der Waals surface area contributed by atoms with Gasteiger partial charge in [-0.05, 0) is 38.0 Å². The summed E-state index contributed by atoms with van der Waals surface area (Å²) in [4.78, 5) is 25.0. The lowest BCUT2D eigenvalue weighted by atomic mass is 10.1. The van der Waals surface area contributed by atoms with Crippen molar-refractivity contribution in [2.75, 3.05) is 6.54 Å². The average Bonchev–Trinajstić information content (AvgIpc) is 2.52. The Bertz CT molecular complexity index is 767. The third-order valence-electron chi connectivity index (χ3n) is 3.60. The second-order valence-corrected chi connectivity index (χ2v) is 6.77. The van der Waals surface area contributed by atoms with Crippen molar-refractivity contribution >= 4 is 11.6 Å². The van der Waals surface area contributed by atoms with E-state index in [1.807, 2.05) is 30.3 Å². The first kappa shape index (κ1) is 18.6. The number of nitro benzene ring substituents is 1. The number of carbonyl (C=O) groups excluding carboxylic acids is 1. The lowest BCUT2D eigenvalue weighted by Gasteiger charge is -2.29. The number of hydrogen-bond acceptors (Lipinski definition) is 4. The molecule has 0 aliphatic carbocycles. The highest BCUT2D eigenvalue weighted by Gasteiger charge is 2.25. The summed E-state index contributed by atoms with van der Waals surface area (Å²) in [6.07, 6.45) is 0. The van der Waals surface area contributed by atoms with Crippen molar-refractivity contribution in [2.45, 2.75) is 32.9 Å². The summed E-state index contributed by atoms with van der Waals surface area (Å²) in [5.41, 5.74) is 0.598. The molecule has 1 amide bonds. The maximum atomic E-state index is 12.9. The Morgan fingerprint density at radius 3 is 2.40 bits per heavy atom. The zero-order valence-electron chi connectivity index (χ0n) is 14.6. The van der Waals surface area contributed by atoms with Crippen molar-refractivity contribution in [3.8, 4) is 0 Å². The van der Waals surface area contributed by atoms with Gasteiger partial charge in [-0.3, -0.25) is 14.9 Å². The first-order chi connectivity index (χ1) is 11.7. The fourth-order valence-corrected chi connectivity index (χ4v) is 2.64. The van der Waals surface area contributed by atoms with Gasteiger partial charge in [-0.1, -0.05) is 30.3 Å². The van der Waals surface area contributed by atoms with E-state index in [9.17, 15) is 20.0 Å². The Kier molecular flexibility index (Phi) is 5.54. The first-order valence-electron chi connectivity index (χ1n) is 7.97. The van der Waals surface area contributed by atoms with E-state index in [2.05, 4.69) is 0 Å². The van der Waals surface area contributed by atoms with Crippen LogP contribution in [0.15, 0.2) is 48.5 Å². The molecular weight excluding hydrogens is 320 g/mol. The number of non-ortho nitro benzene ring substituents is 1. The van der Waals surface area contributed by atoms with Gasteiger partial charge in [-0.15, -0.1) is 0 Å². The van der Waals surface area contributed by atoms with Crippen molar-refractivity contribution in [2.24, 2.45) is 0 Å². The third-order valence-corrected chi connectivity index (χ3v) is 3.60. The minimum absolute atomic E-state index is 0.114. The summed E-state index contributed by atoms with van der Waals surface area (Å²) in [5, 5.41) is 21.2. The minimum Gasteiger partial charge on any atom is -0.389 e. The number of rotatable bonds is 6. The molecule has 1 N–H and O–H groups in total. The number of aliphatic hydroxyl groups is 1. The summed E-state index contributed by atoms with van der Waals surface area (Å²) < 4.78 is 0. The molecule has 0 bridgehead atoms. The molecule has 0 heterocycles. The van der Waals surface area contributed by atoms with Crippen LogP contribution in [-0.2, 0) is 6.54 Å². The molecule has 6 heteroatoms. The van der Waals surface area contributed by atoms with Gasteiger partial charge in [0, 0.05) is 30.8 Å². The number of nitrogens with zero attached hydrogens (tertiary/aromatic N) is 2. The van der Waals surface area contributed by atoms with Crippen molar-refractivity contribution < 1.29 is 14.8 Å². The van der Waals surface area contributed by atoms with Crippen molar-refractivity contribution in [3.05, 3.63) is 75.3 Å². The van der Waals surface area contributed by atoms with Crippen molar-refractivity contribution in [1.82, 2.24) is 4.90 Å². The third kappa shape index (κ3) is 5.39. The summed E-state index contributed by atoms with van der Waals surface area (Å²) in [6.45, 7) is 5.38. The van der Waals surface area contributed by atoms with Crippen LogP contribution in [0.2, 0.25) is 0 Å². The van der Waals surface area contributed by atoms with Gasteiger partial charge >= 0.3 is 0 Å². The number of nitro groups is 1. The molecule has 2 aromatic carbocycles. The maximum Gasteiger partial charge on any atom is 0.270 e. The van der Waals surface area contributed by atoms with Gasteiger partial charge in [0.25, 0.3) is 11.6 Å². The van der Waals surface area contributed by atoms with E-state index in [1.165, 1.54) is 17.0 Å². The smallest absolute Gasteiger partial charge is 0.270 e. The molecule has 0 aliphatic heterocycles. The normalized spacial score (nSPS) is 11.2. The number of aryl methyl sites for hydroxylation is 1. The molecule has 0 saturated carbocycles. The van der Waals surface area contributed by atoms with Gasteiger partial charge in [0.1, 0.15) is 0 Å². The monoisotopic (exact) mass is 342 g/mol. The van der Waals surface area contributed by atoms with Crippen LogP contribution in [-0.4, -0.2) is 33.0 Å². The number of amides is 1. The van der Waals surface area contributed by atoms with Crippen molar-refractivity contribution in [3.63, 3.8) is 0 Å². The average molecular weight is 342 g/mol. The van der Waals surface area contributed by atoms with Gasteiger partial charge in [-0.25, -0.2) is 0 Å². The number of hydrogen-bond donors (Lipinski definition) is 1. The highest BCUT2D eigenvalue weighted by atomic mass is 16.6. The van der Waals surface area contributed by atoms with Crippen LogP contribution in [0.25, 0.3) is 0 Å². The van der Waals surface area contributed by atoms with Crippen LogP contribution in [0.4, 0.5) is 5.69 Å². The minimum atomic E-state index is -1.08. The van der Waals surface area contributed by atoms with E-state index in [0.29, 0.717) is 12.1 Å². The Labute approximate surface area is 146 Å². The van der Waals surface area contributed by atoms with Crippen LogP contribution in [0.3, 0.4) is 0 Å². The van der Waals surface area contributed by atoms with Crippen LogP contribution in [0.5, 0.6) is 0 Å². The molecule has 6 nitrogen and oxygen atoms in total. The summed E-state index contributed by atoms with van der Waals surface area (Å²) in [7, 11) is 0. The Morgan fingerprint density at radius 2 is 1.84 bits per heavy atom. The number of benzene rings is 2. The van der Waals surface area contributed by atoms with Crippen LogP contribution in [0.1, 0.15) is 35.3 Å². The van der Waals surface area contributed by atoms with Crippen LogP contribution in [0, 0.1) is 17.0 Å². The fourth-order valence-electron chi connectivity index (χ4n) is 2.64. The molecule has 0 saturated heterocycles. The lowest BCUT2D eigenvalue weighted by Crippen LogP contribution is -2.41. The van der Waals surface area contributed by atoms with E-state index in [4.69, 9.17) is 0 Å². The molecule has 0 radical (unpaired) electrons. The number of carbonyl (C=O) groups is 1. The standard InChI is InChI=1S/C19H22N2O4/c1-14-9-16(11-17(10-14)21(24)25)18(22)20(13-19(2,3)23)12-15-7-5-4-6-8-15/h4-11,23H,12-13H2,1-3H3. The predicted molar refractivity (Wildman–Crippen MR) is 95.3 cm³/mol. The zero-order chi connectivity index (χ0) is 18.6. The molecule has 0 fully saturated rings. The highest BCUT2D eigenvalue weighted by molar-refractivity contribution is 5.95. The quantitative estimate of drug-likeness (QED) is 0.645. The summed E-state index contributed by atoms with van der Waals surface area (Å²) >= 11 is 0. The van der Waals surface area contributed by atoms with Crippen LogP contribution < -0.4 is 0 Å². The van der Waals surface area contributed by atoms with Gasteiger partial charge in [0.15, 0.2) is 0 Å². The Hall–Kier alpha value is -2.73. The summed E-state index contributed by atoms with van der Waals surface area (Å²) in [6, 6.07) is 13.7. The SMILES string of the molecule is Cc1cc(C(=O)N(Cc2ccccc2)CC(C)(C)O)cc([N+](=O)[O-])c1. The van der Waals surface area contributed by atoms with Crippen molar-refractivity contribution in [1.29, 1.82) is 0 Å². The molecule has 0 spiro atoms. The molecular formula is C19H22N2O4. The Morgan fingerprint density at radius 1 is 1.20 bits per heavy atom. The van der Waals surface area contributed by atoms with E-state index >= 15 is 0 Å². The maximum absolute atomic E-state index is 12.9. The van der Waals surface area contributed by atoms with Gasteiger partial charge in [0.2, 0.25) is 0 Å². The topological polar surface area (TPSA) is 83.7 Å². The first-order valence-corrected chi connectivity index (χ1v) is 7.97. The van der Waals surface area contributed by atoms with Gasteiger partial charge in [-0.2, -0.15) is 0 Å². The van der Waals surface area contributed by atoms with Gasteiger partial charge < -0.3 is 10.0 Å². The molecule has 132 valence electrons. The molecule has 0 unspecified atom stereocenters. The fraction of sp³-hybridized carbons (Fsp3) is 0.316. The molecule has 2 aromatic rings.